The molecule has 0 aliphatic carbocycles. The van der Waals surface area contributed by atoms with E-state index in [9.17, 15) is 13.2 Å². The first-order valence-electron chi connectivity index (χ1n) is 6.47. The van der Waals surface area contributed by atoms with E-state index in [0.29, 0.717) is 31.9 Å². The Hall–Kier alpha value is -1.64. The first kappa shape index (κ1) is 15.7. The van der Waals surface area contributed by atoms with Crippen molar-refractivity contribution in [2.45, 2.75) is 11.3 Å². The van der Waals surface area contributed by atoms with Crippen molar-refractivity contribution in [3.8, 4) is 5.75 Å². The van der Waals surface area contributed by atoms with Crippen molar-refractivity contribution in [3.63, 3.8) is 0 Å². The van der Waals surface area contributed by atoms with Gasteiger partial charge in [-0.3, -0.25) is 4.79 Å². The Morgan fingerprint density at radius 1 is 1.38 bits per heavy atom. The molecule has 1 fully saturated rings. The highest BCUT2D eigenvalue weighted by Gasteiger charge is 2.20. The Labute approximate surface area is 123 Å². The van der Waals surface area contributed by atoms with E-state index < -0.39 is 10.0 Å². The molecule has 0 saturated carbocycles. The summed E-state index contributed by atoms with van der Waals surface area (Å²) in [6, 6.07) is 4.54. The third-order valence-electron chi connectivity index (χ3n) is 3.25. The maximum absolute atomic E-state index is 12.1. The molecule has 0 radical (unpaired) electrons. The molecule has 1 amide bonds. The van der Waals surface area contributed by atoms with Crippen LogP contribution in [0.4, 0.5) is 0 Å². The van der Waals surface area contributed by atoms with Gasteiger partial charge in [-0.25, -0.2) is 13.6 Å². The van der Waals surface area contributed by atoms with Crippen LogP contribution in [0.5, 0.6) is 5.75 Å². The maximum Gasteiger partial charge on any atom is 0.241 e. The normalized spacial score (nSPS) is 15.8. The van der Waals surface area contributed by atoms with Crippen molar-refractivity contribution < 1.29 is 22.7 Å². The minimum absolute atomic E-state index is 0.0659. The van der Waals surface area contributed by atoms with Crippen LogP contribution < -0.4 is 9.88 Å². The molecule has 2 N–H and O–H groups in total. The number of rotatable bonds is 4. The molecular formula is C13H18N2O5S. The number of primary sulfonamides is 1. The molecule has 1 aromatic carbocycles. The molecule has 21 heavy (non-hydrogen) atoms. The van der Waals surface area contributed by atoms with Crippen LogP contribution in [0.3, 0.4) is 0 Å². The van der Waals surface area contributed by atoms with Crippen LogP contribution in [0.15, 0.2) is 23.1 Å². The van der Waals surface area contributed by atoms with Crippen LogP contribution in [0.25, 0.3) is 0 Å². The third-order valence-corrected chi connectivity index (χ3v) is 4.19. The van der Waals surface area contributed by atoms with E-state index in [-0.39, 0.29) is 23.0 Å². The number of sulfonamides is 1. The molecule has 116 valence electrons. The van der Waals surface area contributed by atoms with Gasteiger partial charge in [-0.2, -0.15) is 0 Å². The molecule has 1 heterocycles. The van der Waals surface area contributed by atoms with Gasteiger partial charge in [-0.1, -0.05) is 6.07 Å². The predicted octanol–water partition coefficient (Wildman–Crippen LogP) is -0.256. The Morgan fingerprint density at radius 3 is 2.62 bits per heavy atom. The van der Waals surface area contributed by atoms with E-state index >= 15 is 0 Å². The van der Waals surface area contributed by atoms with Crippen molar-refractivity contribution in [3.05, 3.63) is 23.8 Å². The lowest BCUT2D eigenvalue weighted by Crippen LogP contribution is -2.41. The van der Waals surface area contributed by atoms with Gasteiger partial charge in [0.2, 0.25) is 15.9 Å². The number of carbonyl (C=O) groups is 1. The molecule has 1 saturated heterocycles. The quantitative estimate of drug-likeness (QED) is 0.826. The zero-order chi connectivity index (χ0) is 15.5. The first-order chi connectivity index (χ1) is 9.91. The van der Waals surface area contributed by atoms with Gasteiger partial charge >= 0.3 is 0 Å². The zero-order valence-electron chi connectivity index (χ0n) is 11.7. The van der Waals surface area contributed by atoms with E-state index in [0.717, 1.165) is 0 Å². The fraction of sp³-hybridized carbons (Fsp3) is 0.462. The van der Waals surface area contributed by atoms with Gasteiger partial charge in [0.1, 0.15) is 10.6 Å². The van der Waals surface area contributed by atoms with Gasteiger partial charge < -0.3 is 14.4 Å². The standard InChI is InChI=1S/C13H18N2O5S/c1-19-11-3-2-10(8-12(11)21(14,17)18)9-13(16)15-4-6-20-7-5-15/h2-3,8H,4-7,9H2,1H3,(H2,14,17,18). The van der Waals surface area contributed by atoms with E-state index in [4.69, 9.17) is 14.6 Å². The summed E-state index contributed by atoms with van der Waals surface area (Å²) >= 11 is 0. The summed E-state index contributed by atoms with van der Waals surface area (Å²) in [5, 5.41) is 5.16. The number of carbonyl (C=O) groups excluding carboxylic acids is 1. The van der Waals surface area contributed by atoms with Crippen molar-refractivity contribution in [1.82, 2.24) is 4.90 Å². The summed E-state index contributed by atoms with van der Waals surface area (Å²) in [7, 11) is -2.53. The summed E-state index contributed by atoms with van der Waals surface area (Å²) in [6.45, 7) is 2.15. The predicted molar refractivity (Wildman–Crippen MR) is 75.5 cm³/mol. The Bertz CT molecular complexity index is 623. The topological polar surface area (TPSA) is 98.9 Å². The van der Waals surface area contributed by atoms with Gasteiger partial charge in [0.15, 0.2) is 0 Å². The minimum atomic E-state index is -3.90. The average Bonchev–Trinajstić information content (AvgIpc) is 2.47. The summed E-state index contributed by atoms with van der Waals surface area (Å²) in [5.74, 6) is 0.101. The lowest BCUT2D eigenvalue weighted by atomic mass is 10.1. The minimum Gasteiger partial charge on any atom is -0.495 e. The number of methoxy groups -OCH3 is 1. The number of morpholine rings is 1. The molecule has 1 aromatic rings. The molecule has 0 spiro atoms. The van der Waals surface area contributed by atoms with Gasteiger partial charge in [0, 0.05) is 13.1 Å². The molecule has 1 aliphatic rings. The van der Waals surface area contributed by atoms with E-state index in [1.807, 2.05) is 0 Å². The maximum atomic E-state index is 12.1. The van der Waals surface area contributed by atoms with Gasteiger partial charge in [-0.05, 0) is 17.7 Å². The number of ether oxygens (including phenoxy) is 2. The highest BCUT2D eigenvalue weighted by molar-refractivity contribution is 7.89. The Morgan fingerprint density at radius 2 is 2.05 bits per heavy atom. The molecule has 0 unspecified atom stereocenters. The van der Waals surface area contributed by atoms with Gasteiger partial charge in [0.05, 0.1) is 26.7 Å². The van der Waals surface area contributed by atoms with Crippen molar-refractivity contribution in [2.24, 2.45) is 5.14 Å². The number of benzene rings is 1. The number of amides is 1. The largest absolute Gasteiger partial charge is 0.495 e. The molecule has 7 nitrogen and oxygen atoms in total. The number of nitrogens with zero attached hydrogens (tertiary/aromatic N) is 1. The smallest absolute Gasteiger partial charge is 0.241 e. The monoisotopic (exact) mass is 314 g/mol. The lowest BCUT2D eigenvalue weighted by molar-refractivity contribution is -0.134. The second-order valence-corrected chi connectivity index (χ2v) is 6.23. The van der Waals surface area contributed by atoms with Crippen molar-refractivity contribution in [1.29, 1.82) is 0 Å². The molecule has 0 atom stereocenters. The van der Waals surface area contributed by atoms with E-state index in [1.54, 1.807) is 11.0 Å². The van der Waals surface area contributed by atoms with Crippen LogP contribution in [0.2, 0.25) is 0 Å². The summed E-state index contributed by atoms with van der Waals surface area (Å²) in [4.78, 5) is 13.7. The third kappa shape index (κ3) is 3.93. The SMILES string of the molecule is COc1ccc(CC(=O)N2CCOCC2)cc1S(N)(=O)=O. The molecule has 0 bridgehead atoms. The molecule has 0 aromatic heterocycles. The second-order valence-electron chi connectivity index (χ2n) is 4.70. The summed E-state index contributed by atoms with van der Waals surface area (Å²) in [6.07, 6.45) is 0.118. The fourth-order valence-corrected chi connectivity index (χ4v) is 2.90. The molecule has 8 heteroatoms. The molecular weight excluding hydrogens is 296 g/mol. The van der Waals surface area contributed by atoms with Crippen molar-refractivity contribution >= 4 is 15.9 Å². The van der Waals surface area contributed by atoms with Crippen LogP contribution in [0.1, 0.15) is 5.56 Å². The zero-order valence-corrected chi connectivity index (χ0v) is 12.6. The van der Waals surface area contributed by atoms with E-state index in [1.165, 1.54) is 19.2 Å². The fourth-order valence-electron chi connectivity index (χ4n) is 2.15. The molecule has 2 rings (SSSR count). The van der Waals surface area contributed by atoms with E-state index in [2.05, 4.69) is 0 Å². The van der Waals surface area contributed by atoms with Crippen LogP contribution in [-0.4, -0.2) is 52.6 Å². The van der Waals surface area contributed by atoms with Crippen LogP contribution >= 0.6 is 0 Å². The van der Waals surface area contributed by atoms with Gasteiger partial charge in [0.25, 0.3) is 0 Å². The second kappa shape index (κ2) is 6.42. The number of hydrogen-bond acceptors (Lipinski definition) is 5. The van der Waals surface area contributed by atoms with Crippen molar-refractivity contribution in [2.75, 3.05) is 33.4 Å². The Balaban J connectivity index is 2.19. The number of nitrogens with two attached hydrogens (primary N) is 1. The highest BCUT2D eigenvalue weighted by atomic mass is 32.2. The average molecular weight is 314 g/mol. The first-order valence-corrected chi connectivity index (χ1v) is 8.01. The van der Waals surface area contributed by atoms with Crippen LogP contribution in [-0.2, 0) is 26.0 Å². The Kier molecular flexibility index (Phi) is 4.81. The number of hydrogen-bond donors (Lipinski definition) is 1. The highest BCUT2D eigenvalue weighted by Crippen LogP contribution is 2.24. The molecule has 1 aliphatic heterocycles. The van der Waals surface area contributed by atoms with Crippen LogP contribution in [0, 0.1) is 0 Å². The lowest BCUT2D eigenvalue weighted by Gasteiger charge is -2.27. The summed E-state index contributed by atoms with van der Waals surface area (Å²) < 4.78 is 33.2. The summed E-state index contributed by atoms with van der Waals surface area (Å²) in [5.41, 5.74) is 0.580. The van der Waals surface area contributed by atoms with Gasteiger partial charge in [-0.15, -0.1) is 0 Å².